The number of primary amides is 1. The Kier molecular flexibility index (Phi) is 5.46. The van der Waals surface area contributed by atoms with E-state index in [2.05, 4.69) is 0 Å². The fraction of sp³-hybridized carbons (Fsp3) is 0.467. The Bertz CT molecular complexity index is 521. The molecular formula is C15H21NO5. The number of hydrogen-bond donors (Lipinski definition) is 3. The lowest BCUT2D eigenvalue weighted by Crippen LogP contribution is -2.26. The maximum atomic E-state index is 11.9. The smallest absolute Gasteiger partial charge is 0.338 e. The molecule has 0 aliphatic heterocycles. The van der Waals surface area contributed by atoms with Crippen molar-refractivity contribution in [1.82, 2.24) is 0 Å². The highest BCUT2D eigenvalue weighted by Crippen LogP contribution is 2.21. The van der Waals surface area contributed by atoms with Crippen molar-refractivity contribution in [3.63, 3.8) is 0 Å². The van der Waals surface area contributed by atoms with Gasteiger partial charge in [-0.2, -0.15) is 0 Å². The molecule has 2 unspecified atom stereocenters. The summed E-state index contributed by atoms with van der Waals surface area (Å²) in [4.78, 5) is 22.7. The van der Waals surface area contributed by atoms with Crippen molar-refractivity contribution in [2.75, 3.05) is 0 Å². The number of aliphatic hydroxyl groups is 2. The van der Waals surface area contributed by atoms with Crippen molar-refractivity contribution >= 4 is 11.9 Å². The van der Waals surface area contributed by atoms with Gasteiger partial charge in [-0.15, -0.1) is 0 Å². The minimum absolute atomic E-state index is 0.257. The van der Waals surface area contributed by atoms with E-state index in [9.17, 15) is 19.8 Å². The number of nitrogens with two attached hydrogens (primary N) is 1. The second-order valence-corrected chi connectivity index (χ2v) is 5.81. The van der Waals surface area contributed by atoms with E-state index < -0.39 is 29.7 Å². The van der Waals surface area contributed by atoms with E-state index >= 15 is 0 Å². The van der Waals surface area contributed by atoms with Gasteiger partial charge in [-0.05, 0) is 38.5 Å². The summed E-state index contributed by atoms with van der Waals surface area (Å²) in [5.74, 6) is -1.24. The Hall–Kier alpha value is -1.92. The highest BCUT2D eigenvalue weighted by atomic mass is 16.6. The first kappa shape index (κ1) is 17.1. The van der Waals surface area contributed by atoms with Crippen LogP contribution in [0.1, 0.15) is 49.2 Å². The van der Waals surface area contributed by atoms with Crippen LogP contribution in [0.4, 0.5) is 0 Å². The second kappa shape index (κ2) is 6.69. The molecule has 6 nitrogen and oxygen atoms in total. The Labute approximate surface area is 123 Å². The van der Waals surface area contributed by atoms with Crippen LogP contribution in [0.25, 0.3) is 0 Å². The van der Waals surface area contributed by atoms with Gasteiger partial charge in [-0.1, -0.05) is 12.1 Å². The van der Waals surface area contributed by atoms with Crippen molar-refractivity contribution in [1.29, 1.82) is 0 Å². The topological polar surface area (TPSA) is 110 Å². The summed E-state index contributed by atoms with van der Waals surface area (Å²) in [6.45, 7) is 5.25. The van der Waals surface area contributed by atoms with Crippen LogP contribution in [0.2, 0.25) is 0 Å². The van der Waals surface area contributed by atoms with Gasteiger partial charge in [0.15, 0.2) is 0 Å². The lowest BCUT2D eigenvalue weighted by atomic mass is 10.00. The molecule has 1 aromatic rings. The predicted octanol–water partition coefficient (Wildman–Crippen LogP) is 0.912. The highest BCUT2D eigenvalue weighted by Gasteiger charge is 2.23. The molecule has 0 aromatic heterocycles. The molecule has 0 bridgehead atoms. The quantitative estimate of drug-likeness (QED) is 0.699. The van der Waals surface area contributed by atoms with Crippen molar-refractivity contribution in [2.45, 2.75) is 45.0 Å². The summed E-state index contributed by atoms with van der Waals surface area (Å²) in [7, 11) is 0. The van der Waals surface area contributed by atoms with Crippen LogP contribution in [0, 0.1) is 0 Å². The number of hydrogen-bond acceptors (Lipinski definition) is 5. The van der Waals surface area contributed by atoms with Gasteiger partial charge in [-0.3, -0.25) is 4.79 Å². The van der Waals surface area contributed by atoms with Crippen LogP contribution in [0.3, 0.4) is 0 Å². The molecule has 21 heavy (non-hydrogen) atoms. The van der Waals surface area contributed by atoms with Crippen LogP contribution in [-0.2, 0) is 9.53 Å². The molecule has 0 aliphatic carbocycles. The van der Waals surface area contributed by atoms with Gasteiger partial charge in [0.1, 0.15) is 11.7 Å². The molecule has 116 valence electrons. The van der Waals surface area contributed by atoms with E-state index in [-0.39, 0.29) is 12.0 Å². The summed E-state index contributed by atoms with van der Waals surface area (Å²) < 4.78 is 5.23. The maximum Gasteiger partial charge on any atom is 0.338 e. The SMILES string of the molecule is CC(C)(C)OC(=O)c1cccc(C(O)C(O)CC(N)=O)c1. The minimum Gasteiger partial charge on any atom is -0.456 e. The zero-order chi connectivity index (χ0) is 16.2. The Morgan fingerprint density at radius 3 is 2.43 bits per heavy atom. The first-order valence-corrected chi connectivity index (χ1v) is 6.58. The highest BCUT2D eigenvalue weighted by molar-refractivity contribution is 5.89. The zero-order valence-corrected chi connectivity index (χ0v) is 12.4. The third kappa shape index (κ3) is 5.53. The number of rotatable bonds is 5. The fourth-order valence-electron chi connectivity index (χ4n) is 1.73. The minimum atomic E-state index is -1.32. The van der Waals surface area contributed by atoms with E-state index in [0.717, 1.165) is 0 Å². The number of benzene rings is 1. The lowest BCUT2D eigenvalue weighted by Gasteiger charge is -2.20. The zero-order valence-electron chi connectivity index (χ0n) is 12.4. The molecule has 0 saturated heterocycles. The van der Waals surface area contributed by atoms with Gasteiger partial charge in [-0.25, -0.2) is 4.79 Å². The third-order valence-electron chi connectivity index (χ3n) is 2.64. The summed E-state index contributed by atoms with van der Waals surface area (Å²) in [6, 6.07) is 6.07. The number of carbonyl (C=O) groups is 2. The summed E-state index contributed by atoms with van der Waals surface area (Å²) in [5, 5.41) is 19.7. The molecule has 0 aliphatic rings. The van der Waals surface area contributed by atoms with Crippen LogP contribution < -0.4 is 5.73 Å². The lowest BCUT2D eigenvalue weighted by molar-refractivity contribution is -0.121. The van der Waals surface area contributed by atoms with Crippen molar-refractivity contribution in [3.05, 3.63) is 35.4 Å². The van der Waals surface area contributed by atoms with Crippen LogP contribution >= 0.6 is 0 Å². The molecule has 2 atom stereocenters. The van der Waals surface area contributed by atoms with E-state index in [1.54, 1.807) is 39.0 Å². The van der Waals surface area contributed by atoms with Gasteiger partial charge in [0.2, 0.25) is 5.91 Å². The summed E-state index contributed by atoms with van der Waals surface area (Å²) >= 11 is 0. The Morgan fingerprint density at radius 2 is 1.90 bits per heavy atom. The molecular weight excluding hydrogens is 274 g/mol. The molecule has 0 fully saturated rings. The molecule has 0 radical (unpaired) electrons. The van der Waals surface area contributed by atoms with Crippen molar-refractivity contribution < 1.29 is 24.5 Å². The van der Waals surface area contributed by atoms with Gasteiger partial charge in [0.25, 0.3) is 0 Å². The Balaban J connectivity index is 2.90. The van der Waals surface area contributed by atoms with E-state index in [4.69, 9.17) is 10.5 Å². The molecule has 1 aromatic carbocycles. The van der Waals surface area contributed by atoms with Crippen molar-refractivity contribution in [3.8, 4) is 0 Å². The summed E-state index contributed by atoms with van der Waals surface area (Å²) in [5.41, 5.74) is 4.91. The monoisotopic (exact) mass is 295 g/mol. The normalized spacial score (nSPS) is 14.3. The number of carbonyl (C=O) groups excluding carboxylic acids is 2. The van der Waals surface area contributed by atoms with Gasteiger partial charge >= 0.3 is 5.97 Å². The average Bonchev–Trinajstić information content (AvgIpc) is 2.35. The van der Waals surface area contributed by atoms with Gasteiger partial charge < -0.3 is 20.7 Å². The van der Waals surface area contributed by atoms with Crippen LogP contribution in [-0.4, -0.2) is 33.8 Å². The molecule has 0 saturated carbocycles. The Morgan fingerprint density at radius 1 is 1.29 bits per heavy atom. The molecule has 4 N–H and O–H groups in total. The van der Waals surface area contributed by atoms with Crippen LogP contribution in [0.15, 0.2) is 24.3 Å². The summed E-state index contributed by atoms with van der Waals surface area (Å²) in [6.07, 6.45) is -2.99. The standard InChI is InChI=1S/C15H21NO5/c1-15(2,3)21-14(20)10-6-4-5-9(7-10)13(19)11(17)8-12(16)18/h4-7,11,13,17,19H,8H2,1-3H3,(H2,16,18). The first-order chi connectivity index (χ1) is 9.60. The molecule has 0 heterocycles. The van der Waals surface area contributed by atoms with E-state index in [0.29, 0.717) is 5.56 Å². The number of ether oxygens (including phenoxy) is 1. The fourth-order valence-corrected chi connectivity index (χ4v) is 1.73. The van der Waals surface area contributed by atoms with Crippen molar-refractivity contribution in [2.24, 2.45) is 5.73 Å². The van der Waals surface area contributed by atoms with Gasteiger partial charge in [0.05, 0.1) is 18.1 Å². The molecule has 0 spiro atoms. The maximum absolute atomic E-state index is 11.9. The second-order valence-electron chi connectivity index (χ2n) is 5.81. The van der Waals surface area contributed by atoms with E-state index in [1.807, 2.05) is 0 Å². The largest absolute Gasteiger partial charge is 0.456 e. The molecule has 6 heteroatoms. The predicted molar refractivity (Wildman–Crippen MR) is 76.4 cm³/mol. The first-order valence-electron chi connectivity index (χ1n) is 6.58. The van der Waals surface area contributed by atoms with E-state index in [1.165, 1.54) is 6.07 Å². The van der Waals surface area contributed by atoms with Gasteiger partial charge in [0, 0.05) is 0 Å². The average molecular weight is 295 g/mol. The number of esters is 1. The third-order valence-corrected chi connectivity index (χ3v) is 2.64. The van der Waals surface area contributed by atoms with Crippen LogP contribution in [0.5, 0.6) is 0 Å². The number of aliphatic hydroxyl groups excluding tert-OH is 2. The number of amides is 1. The molecule has 1 amide bonds. The molecule has 1 rings (SSSR count).